The first-order chi connectivity index (χ1) is 18.8. The maximum atomic E-state index is 14.1. The van der Waals surface area contributed by atoms with E-state index in [-0.39, 0.29) is 10.8 Å². The van der Waals surface area contributed by atoms with Crippen LogP contribution in [0.1, 0.15) is 0 Å². The molecule has 2 aromatic heterocycles. The van der Waals surface area contributed by atoms with Crippen LogP contribution in [0.15, 0.2) is 88.8 Å². The first-order valence-corrected chi connectivity index (χ1v) is 13.4. The summed E-state index contributed by atoms with van der Waals surface area (Å²) in [6, 6.07) is 19.6. The fourth-order valence-electron chi connectivity index (χ4n) is 3.89. The van der Waals surface area contributed by atoms with E-state index in [0.717, 1.165) is 40.1 Å². The molecule has 0 amide bonds. The number of rotatable bonds is 8. The maximum absolute atomic E-state index is 14.1. The molecule has 12 heteroatoms. The van der Waals surface area contributed by atoms with E-state index in [1.54, 1.807) is 30.5 Å². The van der Waals surface area contributed by atoms with Crippen molar-refractivity contribution in [3.63, 3.8) is 0 Å². The molecule has 0 saturated carbocycles. The highest BCUT2D eigenvalue weighted by Crippen LogP contribution is 2.35. The molecular formula is C27H21F2N5O3S2. The van der Waals surface area contributed by atoms with Crippen molar-refractivity contribution in [2.24, 2.45) is 5.14 Å². The Labute approximate surface area is 229 Å². The third-order valence-corrected chi connectivity index (χ3v) is 7.32. The van der Waals surface area contributed by atoms with Crippen LogP contribution in [0.2, 0.25) is 0 Å². The van der Waals surface area contributed by atoms with Gasteiger partial charge in [0, 0.05) is 28.8 Å². The fraction of sp³-hybridized carbons (Fsp3) is 0.0370. The molecule has 0 aliphatic heterocycles. The van der Waals surface area contributed by atoms with Gasteiger partial charge in [0.1, 0.15) is 34.1 Å². The van der Waals surface area contributed by atoms with Crippen molar-refractivity contribution in [3.05, 3.63) is 90.6 Å². The molecule has 0 aliphatic rings. The van der Waals surface area contributed by atoms with Gasteiger partial charge in [-0.3, -0.25) is 0 Å². The lowest BCUT2D eigenvalue weighted by Crippen LogP contribution is -2.02. The molecule has 0 fully saturated rings. The average molecular weight is 566 g/mol. The highest BCUT2D eigenvalue weighted by molar-refractivity contribution is 8.00. The van der Waals surface area contributed by atoms with Gasteiger partial charge in [0.05, 0.1) is 22.4 Å². The van der Waals surface area contributed by atoms with Crippen molar-refractivity contribution in [1.29, 1.82) is 0 Å². The molecule has 39 heavy (non-hydrogen) atoms. The van der Waals surface area contributed by atoms with Gasteiger partial charge in [-0.1, -0.05) is 18.2 Å². The zero-order chi connectivity index (χ0) is 27.5. The first-order valence-electron chi connectivity index (χ1n) is 11.4. The number of nitrogens with zero attached hydrogens (tertiary/aromatic N) is 2. The number of hydrogen-bond donors (Lipinski definition) is 3. The minimum absolute atomic E-state index is 0.131. The van der Waals surface area contributed by atoms with Crippen molar-refractivity contribution in [2.75, 3.05) is 17.6 Å². The van der Waals surface area contributed by atoms with Gasteiger partial charge < -0.3 is 15.3 Å². The van der Waals surface area contributed by atoms with E-state index >= 15 is 0 Å². The van der Waals surface area contributed by atoms with Gasteiger partial charge in [-0.05, 0) is 71.6 Å². The van der Waals surface area contributed by atoms with Gasteiger partial charge in [-0.2, -0.15) is 4.89 Å². The lowest BCUT2D eigenvalue weighted by molar-refractivity contribution is -0.180. The zero-order valence-corrected chi connectivity index (χ0v) is 22.0. The van der Waals surface area contributed by atoms with E-state index in [1.165, 1.54) is 19.2 Å². The molecule has 0 radical (unpaired) electrons. The van der Waals surface area contributed by atoms with Gasteiger partial charge in [0.25, 0.3) is 5.88 Å². The van der Waals surface area contributed by atoms with E-state index in [0.29, 0.717) is 27.5 Å². The molecular weight excluding hydrogens is 544 g/mol. The second-order valence-electron chi connectivity index (χ2n) is 8.26. The van der Waals surface area contributed by atoms with Gasteiger partial charge in [0.15, 0.2) is 0 Å². The highest BCUT2D eigenvalue weighted by Gasteiger charge is 2.14. The van der Waals surface area contributed by atoms with Gasteiger partial charge in [-0.25, -0.2) is 28.1 Å². The monoisotopic (exact) mass is 565 g/mol. The standard InChI is InChI=1S/C27H21F2N5O3S2/c1-36-37-27-24(34-38-25-8-6-19(28)13-22(25)29)12-18(14-32-27)15-5-7-23-17(9-15)11-21(26(30)33-23)16-3-2-4-20(10-16)39(31)35/h2-14,34H,31H2,1H3,(H2,30,33). The van der Waals surface area contributed by atoms with Crippen LogP contribution in [0.4, 0.5) is 20.3 Å². The third-order valence-electron chi connectivity index (χ3n) is 5.73. The normalized spacial score (nSPS) is 11.9. The lowest BCUT2D eigenvalue weighted by Gasteiger charge is -2.13. The summed E-state index contributed by atoms with van der Waals surface area (Å²) in [5, 5.41) is 6.36. The van der Waals surface area contributed by atoms with Crippen molar-refractivity contribution in [2.45, 2.75) is 9.79 Å². The summed E-state index contributed by atoms with van der Waals surface area (Å²) in [6.07, 6.45) is 1.61. The Hall–Kier alpha value is -4.10. The number of fused-ring (bicyclic) bond motifs is 1. The van der Waals surface area contributed by atoms with Crippen LogP contribution < -0.4 is 20.5 Å². The van der Waals surface area contributed by atoms with Crippen molar-refractivity contribution in [3.8, 4) is 28.1 Å². The first kappa shape index (κ1) is 26.5. The van der Waals surface area contributed by atoms with Crippen LogP contribution in [0.25, 0.3) is 33.2 Å². The molecule has 5 aromatic rings. The lowest BCUT2D eigenvalue weighted by atomic mass is 10.0. The summed E-state index contributed by atoms with van der Waals surface area (Å²) in [5.41, 5.74) is 10.3. The smallest absolute Gasteiger partial charge is 0.280 e. The molecule has 3 aromatic carbocycles. The number of hydrogen-bond acceptors (Lipinski definition) is 8. The molecule has 1 unspecified atom stereocenters. The number of nitrogen functional groups attached to an aromatic ring is 1. The van der Waals surface area contributed by atoms with Crippen LogP contribution in [0.3, 0.4) is 0 Å². The quantitative estimate of drug-likeness (QED) is 0.121. The van der Waals surface area contributed by atoms with Crippen LogP contribution in [-0.2, 0) is 15.9 Å². The Kier molecular flexibility index (Phi) is 7.70. The zero-order valence-electron chi connectivity index (χ0n) is 20.4. The second kappa shape index (κ2) is 11.3. The van der Waals surface area contributed by atoms with Gasteiger partial charge in [-0.15, -0.1) is 0 Å². The van der Waals surface area contributed by atoms with E-state index in [2.05, 4.69) is 14.7 Å². The molecule has 5 rings (SSSR count). The Morgan fingerprint density at radius 3 is 2.59 bits per heavy atom. The average Bonchev–Trinajstić information content (AvgIpc) is 2.93. The maximum Gasteiger partial charge on any atom is 0.280 e. The van der Waals surface area contributed by atoms with E-state index in [4.69, 9.17) is 20.6 Å². The summed E-state index contributed by atoms with van der Waals surface area (Å²) in [5.74, 6) is -0.909. The largest absolute Gasteiger partial charge is 0.383 e. The number of benzene rings is 3. The van der Waals surface area contributed by atoms with Crippen LogP contribution in [0, 0.1) is 11.6 Å². The summed E-state index contributed by atoms with van der Waals surface area (Å²) in [4.78, 5) is 19.4. The minimum atomic E-state index is -1.63. The SMILES string of the molecule is COOc1ncc(-c2ccc3nc(N)c(-c4cccc(S(N)=O)c4)cc3c2)cc1NSc1ccc(F)cc1F. The van der Waals surface area contributed by atoms with Crippen molar-refractivity contribution >= 4 is 45.3 Å². The number of halogens is 2. The predicted octanol–water partition coefficient (Wildman–Crippen LogP) is 5.86. The summed E-state index contributed by atoms with van der Waals surface area (Å²) in [7, 11) is -0.290. The van der Waals surface area contributed by atoms with Crippen molar-refractivity contribution < 1.29 is 22.8 Å². The number of anilines is 2. The molecule has 0 saturated heterocycles. The Morgan fingerprint density at radius 1 is 0.974 bits per heavy atom. The van der Waals surface area contributed by atoms with E-state index in [1.807, 2.05) is 30.3 Å². The van der Waals surface area contributed by atoms with E-state index in [9.17, 15) is 13.0 Å². The molecule has 2 heterocycles. The topological polar surface area (TPSA) is 125 Å². The van der Waals surface area contributed by atoms with Crippen LogP contribution in [-0.4, -0.2) is 21.3 Å². The van der Waals surface area contributed by atoms with Crippen LogP contribution in [0.5, 0.6) is 5.88 Å². The molecule has 8 nitrogen and oxygen atoms in total. The minimum Gasteiger partial charge on any atom is -0.383 e. The molecule has 0 aliphatic carbocycles. The highest BCUT2D eigenvalue weighted by atomic mass is 32.2. The molecule has 5 N–H and O–H groups in total. The summed E-state index contributed by atoms with van der Waals surface area (Å²) >= 11 is 0.938. The Bertz CT molecular complexity index is 1720. The Morgan fingerprint density at radius 2 is 1.82 bits per heavy atom. The number of pyridine rings is 2. The molecule has 0 bridgehead atoms. The number of nitrogens with two attached hydrogens (primary N) is 2. The summed E-state index contributed by atoms with van der Waals surface area (Å²) in [6.45, 7) is 0. The molecule has 1 atom stereocenters. The summed E-state index contributed by atoms with van der Waals surface area (Å²) < 4.78 is 42.2. The molecule has 198 valence electrons. The van der Waals surface area contributed by atoms with Gasteiger partial charge >= 0.3 is 0 Å². The van der Waals surface area contributed by atoms with Crippen LogP contribution >= 0.6 is 11.9 Å². The number of nitrogens with one attached hydrogen (secondary N) is 1. The second-order valence-corrected chi connectivity index (χ2v) is 10.2. The number of aromatic nitrogens is 2. The fourth-order valence-corrected chi connectivity index (χ4v) is 5.00. The van der Waals surface area contributed by atoms with Gasteiger partial charge in [0.2, 0.25) is 0 Å². The Balaban J connectivity index is 1.51. The third kappa shape index (κ3) is 5.83. The van der Waals surface area contributed by atoms with E-state index < -0.39 is 22.6 Å². The molecule has 0 spiro atoms. The predicted molar refractivity (Wildman–Crippen MR) is 149 cm³/mol. The van der Waals surface area contributed by atoms with Crippen molar-refractivity contribution in [1.82, 2.24) is 9.97 Å².